The molecule has 1 aliphatic carbocycles. The van der Waals surface area contributed by atoms with Crippen molar-refractivity contribution in [2.75, 3.05) is 25.2 Å². The summed E-state index contributed by atoms with van der Waals surface area (Å²) in [5.74, 6) is 1.63. The van der Waals surface area contributed by atoms with E-state index in [1.165, 1.54) is 17.5 Å². The summed E-state index contributed by atoms with van der Waals surface area (Å²) in [5.41, 5.74) is 4.92. The predicted molar refractivity (Wildman–Crippen MR) is 97.6 cm³/mol. The van der Waals surface area contributed by atoms with Gasteiger partial charge < -0.3 is 14.4 Å². The van der Waals surface area contributed by atoms with Crippen molar-refractivity contribution < 1.29 is 14.3 Å². The second kappa shape index (κ2) is 6.79. The number of benzene rings is 2. The molecule has 2 aliphatic rings. The number of aryl methyl sites for hydroxylation is 3. The van der Waals surface area contributed by atoms with Gasteiger partial charge in [-0.3, -0.25) is 4.79 Å². The normalized spacial score (nSPS) is 15.5. The van der Waals surface area contributed by atoms with E-state index in [0.717, 1.165) is 55.0 Å². The highest BCUT2D eigenvalue weighted by Crippen LogP contribution is 2.31. The minimum Gasteiger partial charge on any atom is -0.497 e. The molecule has 0 radical (unpaired) electrons. The van der Waals surface area contributed by atoms with E-state index in [4.69, 9.17) is 9.47 Å². The lowest BCUT2D eigenvalue weighted by atomic mass is 10.0. The van der Waals surface area contributed by atoms with Gasteiger partial charge in [0.1, 0.15) is 11.5 Å². The molecule has 0 atom stereocenters. The molecule has 25 heavy (non-hydrogen) atoms. The Kier molecular flexibility index (Phi) is 4.35. The van der Waals surface area contributed by atoms with E-state index in [9.17, 15) is 4.79 Å². The molecule has 2 aromatic rings. The lowest BCUT2D eigenvalue weighted by Crippen LogP contribution is -2.38. The molecule has 4 rings (SSSR count). The van der Waals surface area contributed by atoms with Gasteiger partial charge in [0, 0.05) is 12.2 Å². The SMILES string of the molecule is COc1ccc2c(c1)CCCN2C(=O)COc1ccc2c(c1)CCC2. The fourth-order valence-electron chi connectivity index (χ4n) is 3.82. The van der Waals surface area contributed by atoms with Crippen LogP contribution in [0.3, 0.4) is 0 Å². The first-order valence-electron chi connectivity index (χ1n) is 8.96. The Morgan fingerprint density at radius 1 is 0.960 bits per heavy atom. The molecule has 130 valence electrons. The molecule has 1 amide bonds. The van der Waals surface area contributed by atoms with Gasteiger partial charge in [-0.1, -0.05) is 6.07 Å². The summed E-state index contributed by atoms with van der Waals surface area (Å²) >= 11 is 0. The standard InChI is InChI=1S/C21H23NO3/c1-24-18-9-10-20-17(13-18)6-3-11-22(20)21(23)14-25-19-8-7-15-4-2-5-16(15)12-19/h7-10,12-13H,2-6,11,14H2,1H3. The van der Waals surface area contributed by atoms with Crippen molar-refractivity contribution in [3.63, 3.8) is 0 Å². The van der Waals surface area contributed by atoms with Crippen LogP contribution in [0.25, 0.3) is 0 Å². The summed E-state index contributed by atoms with van der Waals surface area (Å²) < 4.78 is 11.1. The first-order chi connectivity index (χ1) is 12.2. The largest absolute Gasteiger partial charge is 0.497 e. The Morgan fingerprint density at radius 3 is 2.60 bits per heavy atom. The molecule has 0 aromatic heterocycles. The number of nitrogens with zero attached hydrogens (tertiary/aromatic N) is 1. The van der Waals surface area contributed by atoms with Gasteiger partial charge in [0.15, 0.2) is 6.61 Å². The molecule has 4 heteroatoms. The van der Waals surface area contributed by atoms with Gasteiger partial charge in [0.2, 0.25) is 0 Å². The fraction of sp³-hybridized carbons (Fsp3) is 0.381. The molecule has 0 unspecified atom stereocenters. The molecule has 0 fully saturated rings. The van der Waals surface area contributed by atoms with Crippen LogP contribution < -0.4 is 14.4 Å². The van der Waals surface area contributed by atoms with Crippen molar-refractivity contribution in [3.05, 3.63) is 53.1 Å². The molecule has 2 aromatic carbocycles. The number of carbonyl (C=O) groups is 1. The highest BCUT2D eigenvalue weighted by molar-refractivity contribution is 5.95. The number of fused-ring (bicyclic) bond motifs is 2. The van der Waals surface area contributed by atoms with Crippen LogP contribution in [0, 0.1) is 0 Å². The Labute approximate surface area is 148 Å². The van der Waals surface area contributed by atoms with Crippen molar-refractivity contribution in [1.82, 2.24) is 0 Å². The summed E-state index contributed by atoms with van der Waals surface area (Å²) in [4.78, 5) is 14.5. The average Bonchev–Trinajstić information content (AvgIpc) is 3.13. The highest BCUT2D eigenvalue weighted by atomic mass is 16.5. The second-order valence-electron chi connectivity index (χ2n) is 6.72. The molecule has 4 nitrogen and oxygen atoms in total. The third-order valence-corrected chi connectivity index (χ3v) is 5.14. The first kappa shape index (κ1) is 16.0. The summed E-state index contributed by atoms with van der Waals surface area (Å²) in [7, 11) is 1.66. The molecule has 0 saturated carbocycles. The van der Waals surface area contributed by atoms with Gasteiger partial charge in [-0.05, 0) is 79.1 Å². The van der Waals surface area contributed by atoms with E-state index in [1.54, 1.807) is 7.11 Å². The van der Waals surface area contributed by atoms with Crippen molar-refractivity contribution >= 4 is 11.6 Å². The average molecular weight is 337 g/mol. The molecular formula is C21H23NO3. The van der Waals surface area contributed by atoms with Crippen molar-refractivity contribution in [2.45, 2.75) is 32.1 Å². The van der Waals surface area contributed by atoms with E-state index in [-0.39, 0.29) is 12.5 Å². The number of anilines is 1. The van der Waals surface area contributed by atoms with E-state index in [1.807, 2.05) is 29.2 Å². The summed E-state index contributed by atoms with van der Waals surface area (Å²) in [6, 6.07) is 12.1. The molecule has 1 aliphatic heterocycles. The number of methoxy groups -OCH3 is 1. The monoisotopic (exact) mass is 337 g/mol. The Morgan fingerprint density at radius 2 is 1.72 bits per heavy atom. The van der Waals surface area contributed by atoms with Gasteiger partial charge in [0.25, 0.3) is 5.91 Å². The van der Waals surface area contributed by atoms with Crippen LogP contribution in [0.4, 0.5) is 5.69 Å². The highest BCUT2D eigenvalue weighted by Gasteiger charge is 2.23. The number of rotatable bonds is 4. The van der Waals surface area contributed by atoms with Crippen molar-refractivity contribution in [3.8, 4) is 11.5 Å². The predicted octanol–water partition coefficient (Wildman–Crippen LogP) is 3.54. The van der Waals surface area contributed by atoms with E-state index < -0.39 is 0 Å². The van der Waals surface area contributed by atoms with Gasteiger partial charge in [0.05, 0.1) is 7.11 Å². The molecule has 0 bridgehead atoms. The summed E-state index contributed by atoms with van der Waals surface area (Å²) in [6.45, 7) is 0.815. The second-order valence-corrected chi connectivity index (χ2v) is 6.72. The zero-order valence-electron chi connectivity index (χ0n) is 14.6. The van der Waals surface area contributed by atoms with Crippen LogP contribution >= 0.6 is 0 Å². The minimum absolute atomic E-state index is 0.00613. The maximum absolute atomic E-state index is 12.7. The third-order valence-electron chi connectivity index (χ3n) is 5.14. The number of amides is 1. The molecule has 0 N–H and O–H groups in total. The zero-order chi connectivity index (χ0) is 17.2. The van der Waals surface area contributed by atoms with Crippen LogP contribution in [0.2, 0.25) is 0 Å². The zero-order valence-corrected chi connectivity index (χ0v) is 14.6. The van der Waals surface area contributed by atoms with Crippen LogP contribution in [-0.4, -0.2) is 26.2 Å². The van der Waals surface area contributed by atoms with Crippen molar-refractivity contribution in [1.29, 1.82) is 0 Å². The van der Waals surface area contributed by atoms with Crippen LogP contribution in [0.1, 0.15) is 29.5 Å². The number of hydrogen-bond acceptors (Lipinski definition) is 3. The van der Waals surface area contributed by atoms with Crippen LogP contribution in [0.5, 0.6) is 11.5 Å². The first-order valence-corrected chi connectivity index (χ1v) is 8.96. The maximum atomic E-state index is 12.7. The molecule has 1 heterocycles. The van der Waals surface area contributed by atoms with Crippen LogP contribution in [0.15, 0.2) is 36.4 Å². The maximum Gasteiger partial charge on any atom is 0.264 e. The van der Waals surface area contributed by atoms with E-state index >= 15 is 0 Å². The lowest BCUT2D eigenvalue weighted by Gasteiger charge is -2.29. The van der Waals surface area contributed by atoms with E-state index in [2.05, 4.69) is 12.1 Å². The summed E-state index contributed by atoms with van der Waals surface area (Å²) in [6.07, 6.45) is 5.42. The Bertz CT molecular complexity index is 800. The Balaban J connectivity index is 1.45. The smallest absolute Gasteiger partial charge is 0.264 e. The number of carbonyl (C=O) groups excluding carboxylic acids is 1. The Hall–Kier alpha value is -2.49. The van der Waals surface area contributed by atoms with Crippen molar-refractivity contribution in [2.24, 2.45) is 0 Å². The van der Waals surface area contributed by atoms with Gasteiger partial charge in [-0.15, -0.1) is 0 Å². The van der Waals surface area contributed by atoms with Crippen LogP contribution in [-0.2, 0) is 24.1 Å². The molecular weight excluding hydrogens is 314 g/mol. The minimum atomic E-state index is 0.00613. The number of ether oxygens (including phenoxy) is 2. The van der Waals surface area contributed by atoms with E-state index in [0.29, 0.717) is 0 Å². The topological polar surface area (TPSA) is 38.8 Å². The molecule has 0 saturated heterocycles. The van der Waals surface area contributed by atoms with Gasteiger partial charge in [-0.25, -0.2) is 0 Å². The summed E-state index contributed by atoms with van der Waals surface area (Å²) in [5, 5.41) is 0. The molecule has 0 spiro atoms. The third kappa shape index (κ3) is 3.21. The van der Waals surface area contributed by atoms with Gasteiger partial charge >= 0.3 is 0 Å². The van der Waals surface area contributed by atoms with Gasteiger partial charge in [-0.2, -0.15) is 0 Å². The lowest BCUT2D eigenvalue weighted by molar-refractivity contribution is -0.120. The number of hydrogen-bond donors (Lipinski definition) is 0. The fourth-order valence-corrected chi connectivity index (χ4v) is 3.82. The quantitative estimate of drug-likeness (QED) is 0.856.